The molecule has 0 saturated carbocycles. The van der Waals surface area contributed by atoms with E-state index < -0.39 is 47.1 Å². The Labute approximate surface area is 143 Å². The van der Waals surface area contributed by atoms with Crippen molar-refractivity contribution >= 4 is 16.0 Å². The smallest absolute Gasteiger partial charge is 0.393 e. The molecular weight excluding hydrogens is 359 g/mol. The van der Waals surface area contributed by atoms with Crippen LogP contribution in [0.2, 0.25) is 0 Å². The number of halogens is 3. The number of nitrogens with zero attached hydrogens (tertiary/aromatic N) is 1. The quantitative estimate of drug-likeness (QED) is 0.870. The fourth-order valence-corrected chi connectivity index (χ4v) is 5.57. The standard InChI is InChI=1S/C16H18F3NO4S/c17-16(18,19)14-8-20(7-13(14)15(21)22)25(23,24)9-10-5-11-3-1-2-4-12(11)6-10/h1-4,10,13-14H,5-9H2,(H,21,22)/t13-,14-/m1/s1. The van der Waals surface area contributed by atoms with Crippen molar-refractivity contribution in [1.82, 2.24) is 4.31 Å². The molecule has 2 atom stereocenters. The first-order valence-electron chi connectivity index (χ1n) is 7.92. The summed E-state index contributed by atoms with van der Waals surface area (Å²) in [6.07, 6.45) is -3.61. The fraction of sp³-hybridized carbons (Fsp3) is 0.562. The van der Waals surface area contributed by atoms with E-state index in [0.29, 0.717) is 17.1 Å². The van der Waals surface area contributed by atoms with E-state index in [-0.39, 0.29) is 11.7 Å². The van der Waals surface area contributed by atoms with Crippen LogP contribution in [0.4, 0.5) is 13.2 Å². The number of carboxylic acid groups (broad SMARTS) is 1. The van der Waals surface area contributed by atoms with E-state index in [0.717, 1.165) is 11.1 Å². The van der Waals surface area contributed by atoms with E-state index in [4.69, 9.17) is 5.11 Å². The van der Waals surface area contributed by atoms with Crippen molar-refractivity contribution in [3.63, 3.8) is 0 Å². The molecule has 3 rings (SSSR count). The minimum absolute atomic E-state index is 0.199. The first-order chi connectivity index (χ1) is 11.6. The van der Waals surface area contributed by atoms with Crippen molar-refractivity contribution in [3.05, 3.63) is 35.4 Å². The average Bonchev–Trinajstić information content (AvgIpc) is 3.10. The first-order valence-corrected chi connectivity index (χ1v) is 9.53. The molecule has 1 saturated heterocycles. The molecular formula is C16H18F3NO4S. The molecule has 25 heavy (non-hydrogen) atoms. The Morgan fingerprint density at radius 3 is 2.16 bits per heavy atom. The third kappa shape index (κ3) is 3.67. The maximum atomic E-state index is 13.0. The van der Waals surface area contributed by atoms with Gasteiger partial charge < -0.3 is 5.11 Å². The lowest BCUT2D eigenvalue weighted by molar-refractivity contribution is -0.187. The summed E-state index contributed by atoms with van der Waals surface area (Å²) in [5, 5.41) is 9.01. The molecule has 1 fully saturated rings. The van der Waals surface area contributed by atoms with E-state index in [9.17, 15) is 26.4 Å². The summed E-state index contributed by atoms with van der Waals surface area (Å²) in [7, 11) is -3.95. The predicted octanol–water partition coefficient (Wildman–Crippen LogP) is 1.93. The van der Waals surface area contributed by atoms with E-state index >= 15 is 0 Å². The van der Waals surface area contributed by atoms with Gasteiger partial charge in [0, 0.05) is 13.1 Å². The minimum atomic E-state index is -4.74. The fourth-order valence-electron chi connectivity index (χ4n) is 3.75. The van der Waals surface area contributed by atoms with Crippen LogP contribution in [0.5, 0.6) is 0 Å². The summed E-state index contributed by atoms with van der Waals surface area (Å²) in [5.74, 6) is -6.00. The Bertz CT molecular complexity index is 753. The number of carboxylic acids is 1. The number of fused-ring (bicyclic) bond motifs is 1. The Hall–Kier alpha value is -1.61. The molecule has 1 aliphatic carbocycles. The Morgan fingerprint density at radius 1 is 1.16 bits per heavy atom. The molecule has 9 heteroatoms. The number of hydrogen-bond donors (Lipinski definition) is 1. The second kappa shape index (κ2) is 6.28. The van der Waals surface area contributed by atoms with Crippen LogP contribution in [0, 0.1) is 17.8 Å². The van der Waals surface area contributed by atoms with Gasteiger partial charge in [-0.05, 0) is 29.9 Å². The molecule has 0 aromatic heterocycles. The third-order valence-corrected chi connectivity index (χ3v) is 6.98. The summed E-state index contributed by atoms with van der Waals surface area (Å²) < 4.78 is 64.9. The normalized spacial score (nSPS) is 25.2. The molecule has 1 heterocycles. The minimum Gasteiger partial charge on any atom is -0.481 e. The predicted molar refractivity (Wildman–Crippen MR) is 83.4 cm³/mol. The van der Waals surface area contributed by atoms with Gasteiger partial charge in [-0.3, -0.25) is 4.79 Å². The van der Waals surface area contributed by atoms with Crippen molar-refractivity contribution in [2.75, 3.05) is 18.8 Å². The van der Waals surface area contributed by atoms with Crippen LogP contribution in [-0.2, 0) is 27.7 Å². The van der Waals surface area contributed by atoms with Gasteiger partial charge in [-0.1, -0.05) is 24.3 Å². The molecule has 138 valence electrons. The molecule has 2 aliphatic rings. The van der Waals surface area contributed by atoms with E-state index in [1.165, 1.54) is 0 Å². The topological polar surface area (TPSA) is 74.7 Å². The lowest BCUT2D eigenvalue weighted by Gasteiger charge is -2.19. The summed E-state index contributed by atoms with van der Waals surface area (Å²) in [5.41, 5.74) is 2.11. The zero-order valence-corrected chi connectivity index (χ0v) is 14.1. The van der Waals surface area contributed by atoms with Crippen molar-refractivity contribution < 1.29 is 31.5 Å². The van der Waals surface area contributed by atoms with Gasteiger partial charge in [0.2, 0.25) is 10.0 Å². The van der Waals surface area contributed by atoms with Gasteiger partial charge in [-0.15, -0.1) is 0 Å². The summed E-state index contributed by atoms with van der Waals surface area (Å²) in [6.45, 7) is -1.44. The molecule has 0 spiro atoms. The van der Waals surface area contributed by atoms with Gasteiger partial charge in [0.15, 0.2) is 0 Å². The van der Waals surface area contributed by atoms with Gasteiger partial charge in [-0.2, -0.15) is 13.2 Å². The highest BCUT2D eigenvalue weighted by Crippen LogP contribution is 2.39. The largest absolute Gasteiger partial charge is 0.481 e. The summed E-state index contributed by atoms with van der Waals surface area (Å²) in [4.78, 5) is 11.1. The number of benzene rings is 1. The third-order valence-electron chi connectivity index (χ3n) is 5.00. The van der Waals surface area contributed by atoms with Gasteiger partial charge >= 0.3 is 12.1 Å². The summed E-state index contributed by atoms with van der Waals surface area (Å²) >= 11 is 0. The van der Waals surface area contributed by atoms with Crippen LogP contribution in [0.15, 0.2) is 24.3 Å². The van der Waals surface area contributed by atoms with Crippen molar-refractivity contribution in [2.45, 2.75) is 19.0 Å². The molecule has 1 N–H and O–H groups in total. The highest BCUT2D eigenvalue weighted by Gasteiger charge is 2.54. The maximum Gasteiger partial charge on any atom is 0.393 e. The summed E-state index contributed by atoms with van der Waals surface area (Å²) in [6, 6.07) is 7.55. The Morgan fingerprint density at radius 2 is 1.72 bits per heavy atom. The number of rotatable bonds is 4. The number of hydrogen-bond acceptors (Lipinski definition) is 3. The van der Waals surface area contributed by atoms with Crippen LogP contribution in [0.1, 0.15) is 11.1 Å². The van der Waals surface area contributed by atoms with Gasteiger partial charge in [0.25, 0.3) is 0 Å². The second-order valence-electron chi connectivity index (χ2n) is 6.73. The van der Waals surface area contributed by atoms with E-state index in [2.05, 4.69) is 0 Å². The van der Waals surface area contributed by atoms with Crippen LogP contribution >= 0.6 is 0 Å². The highest BCUT2D eigenvalue weighted by molar-refractivity contribution is 7.89. The van der Waals surface area contributed by atoms with E-state index in [1.807, 2.05) is 24.3 Å². The van der Waals surface area contributed by atoms with E-state index in [1.54, 1.807) is 0 Å². The molecule has 5 nitrogen and oxygen atoms in total. The molecule has 0 unspecified atom stereocenters. The van der Waals surface area contributed by atoms with Crippen molar-refractivity contribution in [3.8, 4) is 0 Å². The average molecular weight is 377 g/mol. The maximum absolute atomic E-state index is 13.0. The van der Waals surface area contributed by atoms with Crippen LogP contribution < -0.4 is 0 Å². The highest BCUT2D eigenvalue weighted by atomic mass is 32.2. The van der Waals surface area contributed by atoms with Crippen molar-refractivity contribution in [2.24, 2.45) is 17.8 Å². The Balaban J connectivity index is 1.72. The molecule has 1 aromatic carbocycles. The lowest BCUT2D eigenvalue weighted by Crippen LogP contribution is -2.35. The molecule has 0 amide bonds. The molecule has 1 aromatic rings. The van der Waals surface area contributed by atoms with Gasteiger partial charge in [0.05, 0.1) is 17.6 Å². The number of carbonyl (C=O) groups is 1. The number of aliphatic carboxylic acids is 1. The zero-order chi connectivity index (χ0) is 18.4. The number of alkyl halides is 3. The van der Waals surface area contributed by atoms with Gasteiger partial charge in [-0.25, -0.2) is 12.7 Å². The zero-order valence-electron chi connectivity index (χ0n) is 13.2. The van der Waals surface area contributed by atoms with Crippen molar-refractivity contribution in [1.29, 1.82) is 0 Å². The van der Waals surface area contributed by atoms with Crippen LogP contribution in [0.25, 0.3) is 0 Å². The van der Waals surface area contributed by atoms with Crippen LogP contribution in [-0.4, -0.2) is 48.8 Å². The first kappa shape index (κ1) is 18.2. The SMILES string of the molecule is O=C(O)[C@@H]1CN(S(=O)(=O)CC2Cc3ccccc3C2)C[C@H]1C(F)(F)F. The molecule has 0 radical (unpaired) electrons. The van der Waals surface area contributed by atoms with Gasteiger partial charge in [0.1, 0.15) is 0 Å². The number of sulfonamides is 1. The second-order valence-corrected chi connectivity index (χ2v) is 8.74. The lowest BCUT2D eigenvalue weighted by atomic mass is 9.96. The molecule has 0 bridgehead atoms. The van der Waals surface area contributed by atoms with Crippen LogP contribution in [0.3, 0.4) is 0 Å². The molecule has 1 aliphatic heterocycles. The Kier molecular flexibility index (Phi) is 4.57. The monoisotopic (exact) mass is 377 g/mol.